The highest BCUT2D eigenvalue weighted by Crippen LogP contribution is 2.57. The Morgan fingerprint density at radius 3 is 2.89 bits per heavy atom. The summed E-state index contributed by atoms with van der Waals surface area (Å²) < 4.78 is 0. The molecule has 1 saturated carbocycles. The number of nitrogen functional groups attached to an aromatic ring is 1. The number of hydrogen-bond acceptors (Lipinski definition) is 2. The maximum Gasteiger partial charge on any atom is 0.144 e. The SMILES string of the molecule is Nc1cccc2c1CC(=O)C1(CC3=CCC1C3)C2. The molecule has 1 aromatic rings. The van der Waals surface area contributed by atoms with Gasteiger partial charge in [0.15, 0.2) is 0 Å². The van der Waals surface area contributed by atoms with E-state index in [1.54, 1.807) is 0 Å². The van der Waals surface area contributed by atoms with Gasteiger partial charge in [0, 0.05) is 17.5 Å². The molecule has 4 rings (SSSR count). The van der Waals surface area contributed by atoms with Crippen molar-refractivity contribution < 1.29 is 4.79 Å². The molecule has 2 heteroatoms. The zero-order valence-corrected chi connectivity index (χ0v) is 10.4. The van der Waals surface area contributed by atoms with Gasteiger partial charge in [-0.25, -0.2) is 0 Å². The summed E-state index contributed by atoms with van der Waals surface area (Å²) in [4.78, 5) is 12.6. The molecule has 1 aromatic carbocycles. The van der Waals surface area contributed by atoms with Crippen LogP contribution in [-0.2, 0) is 17.6 Å². The average Bonchev–Trinajstić information content (AvgIpc) is 2.93. The van der Waals surface area contributed by atoms with Gasteiger partial charge in [-0.2, -0.15) is 0 Å². The summed E-state index contributed by atoms with van der Waals surface area (Å²) in [6, 6.07) is 6.08. The van der Waals surface area contributed by atoms with Crippen LogP contribution in [-0.4, -0.2) is 5.78 Å². The lowest BCUT2D eigenvalue weighted by Crippen LogP contribution is -2.42. The number of ketones is 1. The molecule has 0 radical (unpaired) electrons. The molecule has 1 spiro atoms. The topological polar surface area (TPSA) is 43.1 Å². The molecule has 92 valence electrons. The molecule has 0 aliphatic heterocycles. The number of anilines is 1. The Balaban J connectivity index is 1.82. The van der Waals surface area contributed by atoms with Crippen LogP contribution in [0.25, 0.3) is 0 Å². The summed E-state index contributed by atoms with van der Waals surface area (Å²) in [7, 11) is 0. The van der Waals surface area contributed by atoms with E-state index in [9.17, 15) is 4.79 Å². The Hall–Kier alpha value is -1.57. The van der Waals surface area contributed by atoms with Crippen LogP contribution in [0.4, 0.5) is 5.69 Å². The second-order valence-electron chi connectivity index (χ2n) is 6.09. The van der Waals surface area contributed by atoms with E-state index in [2.05, 4.69) is 12.1 Å². The minimum Gasteiger partial charge on any atom is -0.398 e. The smallest absolute Gasteiger partial charge is 0.144 e. The quantitative estimate of drug-likeness (QED) is 0.558. The minimum atomic E-state index is -0.0785. The van der Waals surface area contributed by atoms with Crippen LogP contribution < -0.4 is 5.73 Å². The molecular formula is C16H17NO. The first-order valence-electron chi connectivity index (χ1n) is 6.76. The highest BCUT2D eigenvalue weighted by molar-refractivity contribution is 5.92. The van der Waals surface area contributed by atoms with E-state index in [4.69, 9.17) is 5.73 Å². The maximum atomic E-state index is 12.6. The molecule has 0 aromatic heterocycles. The minimum absolute atomic E-state index is 0.0785. The van der Waals surface area contributed by atoms with Gasteiger partial charge < -0.3 is 5.73 Å². The summed E-state index contributed by atoms with van der Waals surface area (Å²) in [5.41, 5.74) is 10.6. The van der Waals surface area contributed by atoms with Crippen LogP contribution >= 0.6 is 0 Å². The van der Waals surface area contributed by atoms with Crippen molar-refractivity contribution in [2.24, 2.45) is 11.3 Å². The van der Waals surface area contributed by atoms with Crippen LogP contribution in [0.3, 0.4) is 0 Å². The molecule has 0 heterocycles. The molecule has 18 heavy (non-hydrogen) atoms. The Labute approximate surface area is 107 Å². The molecule has 0 amide bonds. The first-order chi connectivity index (χ1) is 8.69. The molecule has 2 nitrogen and oxygen atoms in total. The third-order valence-corrected chi connectivity index (χ3v) is 5.23. The van der Waals surface area contributed by atoms with Gasteiger partial charge in [0.2, 0.25) is 0 Å². The fourth-order valence-electron chi connectivity index (χ4n) is 4.25. The normalized spacial score (nSPS) is 32.8. The van der Waals surface area contributed by atoms with Crippen molar-refractivity contribution in [3.63, 3.8) is 0 Å². The van der Waals surface area contributed by atoms with Crippen LogP contribution in [0, 0.1) is 11.3 Å². The molecule has 0 saturated heterocycles. The lowest BCUT2D eigenvalue weighted by atomic mass is 9.63. The molecule has 1 fully saturated rings. The second-order valence-corrected chi connectivity index (χ2v) is 6.09. The van der Waals surface area contributed by atoms with Gasteiger partial charge in [0.05, 0.1) is 0 Å². The van der Waals surface area contributed by atoms with Crippen molar-refractivity contribution in [3.8, 4) is 0 Å². The average molecular weight is 239 g/mol. The van der Waals surface area contributed by atoms with Crippen molar-refractivity contribution in [2.75, 3.05) is 5.73 Å². The third kappa shape index (κ3) is 1.16. The fraction of sp³-hybridized carbons (Fsp3) is 0.438. The predicted octanol–water partition coefficient (Wildman–Crippen LogP) is 2.66. The van der Waals surface area contributed by atoms with Gasteiger partial charge in [-0.1, -0.05) is 23.8 Å². The largest absolute Gasteiger partial charge is 0.398 e. The van der Waals surface area contributed by atoms with Crippen LogP contribution in [0.1, 0.15) is 30.4 Å². The Bertz CT molecular complexity index is 587. The number of nitrogens with two attached hydrogens (primary N) is 1. The highest BCUT2D eigenvalue weighted by Gasteiger charge is 2.53. The first-order valence-corrected chi connectivity index (χ1v) is 6.76. The number of benzene rings is 1. The number of Topliss-reactive ketones (excluding diaryl/α,β-unsaturated/α-hetero) is 1. The molecular weight excluding hydrogens is 222 g/mol. The van der Waals surface area contributed by atoms with Crippen LogP contribution in [0.2, 0.25) is 0 Å². The first kappa shape index (κ1) is 10.4. The lowest BCUT2D eigenvalue weighted by molar-refractivity contribution is -0.131. The second kappa shape index (κ2) is 3.25. The standard InChI is InChI=1S/C16H17NO/c17-14-3-1-2-11-9-16(15(18)7-13(11)14)8-10-4-5-12(16)6-10/h1-4,12H,5-9,17H2. The van der Waals surface area contributed by atoms with E-state index in [1.807, 2.05) is 12.1 Å². The molecule has 3 aliphatic carbocycles. The number of rotatable bonds is 0. The van der Waals surface area contributed by atoms with E-state index in [0.717, 1.165) is 36.9 Å². The van der Waals surface area contributed by atoms with Gasteiger partial charge in [0.25, 0.3) is 0 Å². The molecule has 2 bridgehead atoms. The zero-order valence-electron chi connectivity index (χ0n) is 10.4. The van der Waals surface area contributed by atoms with E-state index < -0.39 is 0 Å². The highest BCUT2D eigenvalue weighted by atomic mass is 16.1. The Kier molecular flexibility index (Phi) is 1.87. The van der Waals surface area contributed by atoms with Crippen molar-refractivity contribution in [1.29, 1.82) is 0 Å². The maximum absolute atomic E-state index is 12.6. The van der Waals surface area contributed by atoms with E-state index >= 15 is 0 Å². The number of fused-ring (bicyclic) bond motifs is 4. The van der Waals surface area contributed by atoms with Gasteiger partial charge in [-0.3, -0.25) is 4.79 Å². The molecule has 2 atom stereocenters. The van der Waals surface area contributed by atoms with Gasteiger partial charge in [0.1, 0.15) is 5.78 Å². The zero-order chi connectivity index (χ0) is 12.3. The number of carbonyl (C=O) groups excluding carboxylic acids is 1. The molecule has 2 N–H and O–H groups in total. The summed E-state index contributed by atoms with van der Waals surface area (Å²) >= 11 is 0. The summed E-state index contributed by atoms with van der Waals surface area (Å²) in [5.74, 6) is 0.996. The van der Waals surface area contributed by atoms with Crippen LogP contribution in [0.5, 0.6) is 0 Å². The van der Waals surface area contributed by atoms with Gasteiger partial charge in [-0.15, -0.1) is 0 Å². The van der Waals surface area contributed by atoms with Crippen LogP contribution in [0.15, 0.2) is 29.8 Å². The van der Waals surface area contributed by atoms with Crippen molar-refractivity contribution in [1.82, 2.24) is 0 Å². The predicted molar refractivity (Wildman–Crippen MR) is 71.1 cm³/mol. The third-order valence-electron chi connectivity index (χ3n) is 5.23. The summed E-state index contributed by atoms with van der Waals surface area (Å²) in [5, 5.41) is 0. The number of hydrogen-bond donors (Lipinski definition) is 1. The molecule has 3 aliphatic rings. The fourth-order valence-corrected chi connectivity index (χ4v) is 4.25. The number of allylic oxidation sites excluding steroid dienone is 2. The number of carbonyl (C=O) groups is 1. The monoisotopic (exact) mass is 239 g/mol. The molecule has 2 unspecified atom stereocenters. The van der Waals surface area contributed by atoms with Crippen molar-refractivity contribution in [2.45, 2.75) is 32.1 Å². The van der Waals surface area contributed by atoms with E-state index in [-0.39, 0.29) is 5.41 Å². The van der Waals surface area contributed by atoms with Gasteiger partial charge in [-0.05, 0) is 48.8 Å². The van der Waals surface area contributed by atoms with Gasteiger partial charge >= 0.3 is 0 Å². The van der Waals surface area contributed by atoms with E-state index in [1.165, 1.54) is 11.1 Å². The lowest BCUT2D eigenvalue weighted by Gasteiger charge is -2.39. The summed E-state index contributed by atoms with van der Waals surface area (Å²) in [6.07, 6.45) is 7.07. The van der Waals surface area contributed by atoms with E-state index in [0.29, 0.717) is 18.1 Å². The Morgan fingerprint density at radius 2 is 2.17 bits per heavy atom. The summed E-state index contributed by atoms with van der Waals surface area (Å²) in [6.45, 7) is 0. The Morgan fingerprint density at radius 1 is 1.28 bits per heavy atom. The van der Waals surface area contributed by atoms with Crippen molar-refractivity contribution in [3.05, 3.63) is 41.0 Å². The van der Waals surface area contributed by atoms with Crippen molar-refractivity contribution >= 4 is 11.5 Å².